The monoisotopic (exact) mass is 362 g/mol. The third kappa shape index (κ3) is 4.00. The van der Waals surface area contributed by atoms with Crippen LogP contribution < -0.4 is 16.4 Å². The van der Waals surface area contributed by atoms with Crippen LogP contribution in [0.25, 0.3) is 0 Å². The summed E-state index contributed by atoms with van der Waals surface area (Å²) in [5.41, 5.74) is -0.272. The van der Waals surface area contributed by atoms with E-state index in [9.17, 15) is 25.2 Å². The molecule has 142 valence electrons. The highest BCUT2D eigenvalue weighted by Gasteiger charge is 2.62. The molecule has 0 aromatic carbocycles. The zero-order chi connectivity index (χ0) is 19.6. The molecule has 0 radical (unpaired) electrons. The van der Waals surface area contributed by atoms with Crippen molar-refractivity contribution in [2.75, 3.05) is 6.61 Å². The SMILES string of the molecule is C=C(C)N[C@@]1(O)[C@@H]([C@H](O)[C@H](O)CO)OC(C(=O)O)=C[C@@]1(O)NC(=N)N. The molecular formula is C13H22N4O8. The topological polar surface area (TPSA) is 222 Å². The predicted molar refractivity (Wildman–Crippen MR) is 82.6 cm³/mol. The maximum Gasteiger partial charge on any atom is 0.371 e. The Morgan fingerprint density at radius 2 is 2.04 bits per heavy atom. The number of rotatable bonds is 7. The third-order valence-corrected chi connectivity index (χ3v) is 3.42. The minimum absolute atomic E-state index is 0.0535. The van der Waals surface area contributed by atoms with Crippen LogP contribution in [0.15, 0.2) is 24.1 Å². The van der Waals surface area contributed by atoms with Gasteiger partial charge in [0.05, 0.1) is 6.61 Å². The van der Waals surface area contributed by atoms with Crippen molar-refractivity contribution in [3.05, 3.63) is 24.1 Å². The lowest BCUT2D eigenvalue weighted by Crippen LogP contribution is -2.79. The summed E-state index contributed by atoms with van der Waals surface area (Å²) < 4.78 is 5.00. The van der Waals surface area contributed by atoms with Crippen LogP contribution in [0, 0.1) is 5.41 Å². The molecule has 0 unspecified atom stereocenters. The van der Waals surface area contributed by atoms with E-state index in [1.165, 1.54) is 6.92 Å². The Bertz CT molecular complexity index is 597. The van der Waals surface area contributed by atoms with Crippen molar-refractivity contribution in [2.24, 2.45) is 5.73 Å². The quantitative estimate of drug-likeness (QED) is 0.119. The van der Waals surface area contributed by atoms with Gasteiger partial charge < -0.3 is 51.7 Å². The minimum atomic E-state index is -2.76. The van der Waals surface area contributed by atoms with E-state index in [0.29, 0.717) is 6.08 Å². The Kier molecular flexibility index (Phi) is 5.99. The number of carboxylic acids is 1. The Labute approximate surface area is 142 Å². The molecule has 0 aromatic rings. The number of aliphatic hydroxyl groups excluding tert-OH is 3. The van der Waals surface area contributed by atoms with Crippen LogP contribution in [0.5, 0.6) is 0 Å². The number of ether oxygens (including phenoxy) is 1. The summed E-state index contributed by atoms with van der Waals surface area (Å²) >= 11 is 0. The highest BCUT2D eigenvalue weighted by molar-refractivity contribution is 5.85. The molecule has 12 nitrogen and oxygen atoms in total. The highest BCUT2D eigenvalue weighted by Crippen LogP contribution is 2.35. The largest absolute Gasteiger partial charge is 0.475 e. The third-order valence-electron chi connectivity index (χ3n) is 3.42. The van der Waals surface area contributed by atoms with Gasteiger partial charge in [-0.1, -0.05) is 6.58 Å². The Morgan fingerprint density at radius 3 is 2.44 bits per heavy atom. The molecule has 0 aromatic heterocycles. The second-order valence-corrected chi connectivity index (χ2v) is 5.57. The number of carbonyl (C=O) groups is 1. The summed E-state index contributed by atoms with van der Waals surface area (Å²) in [7, 11) is 0. The fraction of sp³-hybridized carbons (Fsp3) is 0.538. The Morgan fingerprint density at radius 1 is 1.48 bits per heavy atom. The number of nitrogens with one attached hydrogen (secondary N) is 3. The number of hydrogen-bond acceptors (Lipinski definition) is 9. The number of allylic oxidation sites excluding steroid dienone is 1. The van der Waals surface area contributed by atoms with Crippen molar-refractivity contribution < 1.29 is 40.2 Å². The zero-order valence-electron chi connectivity index (χ0n) is 13.3. The molecule has 1 rings (SSSR count). The molecule has 25 heavy (non-hydrogen) atoms. The van der Waals surface area contributed by atoms with Gasteiger partial charge in [-0.2, -0.15) is 0 Å². The van der Waals surface area contributed by atoms with Crippen LogP contribution >= 0.6 is 0 Å². The maximum atomic E-state index is 11.2. The van der Waals surface area contributed by atoms with Crippen LogP contribution in [0.2, 0.25) is 0 Å². The standard InChI is InChI=1S/C13H22N4O8/c1-5(2)16-13(24)9(8(20)6(19)4-18)25-7(10(21)22)3-12(13,23)17-11(14)15/h3,6,8-9,16,18-20,23-24H,1,4H2,2H3,(H,21,22)(H4,14,15,17)/t6-,8-,9-,12+,13-/m1/s1. The first-order valence-electron chi connectivity index (χ1n) is 6.98. The van der Waals surface area contributed by atoms with Gasteiger partial charge in [0.2, 0.25) is 17.2 Å². The molecule has 1 aliphatic rings. The van der Waals surface area contributed by atoms with E-state index in [1.807, 2.05) is 5.32 Å². The Balaban J connectivity index is 3.57. The first-order chi connectivity index (χ1) is 11.4. The van der Waals surface area contributed by atoms with Gasteiger partial charge in [-0.3, -0.25) is 5.41 Å². The molecule has 0 spiro atoms. The van der Waals surface area contributed by atoms with Crippen molar-refractivity contribution in [1.29, 1.82) is 5.41 Å². The van der Waals surface area contributed by atoms with E-state index in [0.717, 1.165) is 0 Å². The van der Waals surface area contributed by atoms with E-state index >= 15 is 0 Å². The van der Waals surface area contributed by atoms with Gasteiger partial charge in [0.25, 0.3) is 0 Å². The Hall–Kier alpha value is -2.38. The molecule has 12 heteroatoms. The average Bonchev–Trinajstić information content (AvgIpc) is 2.46. The number of aliphatic hydroxyl groups is 5. The molecule has 0 fully saturated rings. The molecule has 1 aliphatic heterocycles. The molecular weight excluding hydrogens is 340 g/mol. The number of hydrogen-bond donors (Lipinski definition) is 10. The fourth-order valence-corrected chi connectivity index (χ4v) is 2.34. The van der Waals surface area contributed by atoms with Crippen LogP contribution in [0.1, 0.15) is 6.92 Å². The molecule has 11 N–H and O–H groups in total. The van der Waals surface area contributed by atoms with Gasteiger partial charge in [0, 0.05) is 11.8 Å². The summed E-state index contributed by atoms with van der Waals surface area (Å²) in [5.74, 6) is -3.42. The smallest absolute Gasteiger partial charge is 0.371 e. The lowest BCUT2D eigenvalue weighted by atomic mass is 9.85. The van der Waals surface area contributed by atoms with E-state index in [-0.39, 0.29) is 5.70 Å². The van der Waals surface area contributed by atoms with Gasteiger partial charge in [-0.15, -0.1) is 0 Å². The van der Waals surface area contributed by atoms with E-state index < -0.39 is 54.1 Å². The van der Waals surface area contributed by atoms with Gasteiger partial charge >= 0.3 is 5.97 Å². The second kappa shape index (κ2) is 7.25. The van der Waals surface area contributed by atoms with Crippen molar-refractivity contribution in [3.8, 4) is 0 Å². The minimum Gasteiger partial charge on any atom is -0.475 e. The zero-order valence-corrected chi connectivity index (χ0v) is 13.3. The lowest BCUT2D eigenvalue weighted by molar-refractivity contribution is -0.253. The lowest BCUT2D eigenvalue weighted by Gasteiger charge is -2.50. The summed E-state index contributed by atoms with van der Waals surface area (Å²) in [5, 5.41) is 71.1. The van der Waals surface area contributed by atoms with Gasteiger partial charge in [0.1, 0.15) is 12.2 Å². The van der Waals surface area contributed by atoms with Crippen LogP contribution in [0.4, 0.5) is 0 Å². The van der Waals surface area contributed by atoms with Gasteiger partial charge in [-0.05, 0) is 6.92 Å². The first kappa shape index (κ1) is 20.7. The normalized spacial score (nSPS) is 31.1. The van der Waals surface area contributed by atoms with E-state index in [2.05, 4.69) is 11.9 Å². The number of carboxylic acid groups (broad SMARTS) is 1. The van der Waals surface area contributed by atoms with Crippen molar-refractivity contribution in [2.45, 2.75) is 36.7 Å². The van der Waals surface area contributed by atoms with Crippen LogP contribution in [0.3, 0.4) is 0 Å². The molecule has 0 aliphatic carbocycles. The molecule has 1 heterocycles. The fourth-order valence-electron chi connectivity index (χ4n) is 2.34. The van der Waals surface area contributed by atoms with Crippen LogP contribution in [-0.4, -0.2) is 78.9 Å². The van der Waals surface area contributed by atoms with E-state index in [1.54, 1.807) is 0 Å². The first-order valence-corrected chi connectivity index (χ1v) is 6.98. The number of guanidine groups is 1. The van der Waals surface area contributed by atoms with E-state index in [4.69, 9.17) is 26.1 Å². The number of nitrogens with two attached hydrogens (primary N) is 1. The molecule has 5 atom stereocenters. The second-order valence-electron chi connectivity index (χ2n) is 5.57. The van der Waals surface area contributed by atoms with Crippen molar-refractivity contribution >= 4 is 11.9 Å². The summed E-state index contributed by atoms with van der Waals surface area (Å²) in [6.45, 7) is 3.89. The summed E-state index contributed by atoms with van der Waals surface area (Å²) in [4.78, 5) is 11.2. The average molecular weight is 362 g/mol. The molecule has 0 bridgehead atoms. The van der Waals surface area contributed by atoms with Gasteiger partial charge in [-0.25, -0.2) is 4.79 Å². The van der Waals surface area contributed by atoms with Crippen molar-refractivity contribution in [1.82, 2.24) is 10.6 Å². The highest BCUT2D eigenvalue weighted by atomic mass is 16.6. The molecule has 0 amide bonds. The van der Waals surface area contributed by atoms with Crippen LogP contribution in [-0.2, 0) is 9.53 Å². The summed E-state index contributed by atoms with van der Waals surface area (Å²) in [6.07, 6.45) is -5.39. The van der Waals surface area contributed by atoms with Gasteiger partial charge in [0.15, 0.2) is 12.1 Å². The maximum absolute atomic E-state index is 11.2. The summed E-state index contributed by atoms with van der Waals surface area (Å²) in [6, 6.07) is 0. The van der Waals surface area contributed by atoms with Crippen molar-refractivity contribution in [3.63, 3.8) is 0 Å². The molecule has 0 saturated heterocycles. The molecule has 0 saturated carbocycles. The predicted octanol–water partition coefficient (Wildman–Crippen LogP) is -3.95. The number of aliphatic carboxylic acids is 1.